The summed E-state index contributed by atoms with van der Waals surface area (Å²) in [6, 6.07) is 11.6. The number of ether oxygens (including phenoxy) is 1. The molecular weight excluding hydrogens is 576 g/mol. The molecule has 45 heavy (non-hydrogen) atoms. The van der Waals surface area contributed by atoms with Gasteiger partial charge in [0, 0.05) is 41.0 Å². The molecular formula is C32H42N8O5. The van der Waals surface area contributed by atoms with Gasteiger partial charge in [0.1, 0.15) is 18.0 Å². The van der Waals surface area contributed by atoms with E-state index >= 15 is 0 Å². The lowest BCUT2D eigenvalue weighted by atomic mass is 10.1. The number of carbonyl (C=O) groups is 3. The van der Waals surface area contributed by atoms with Gasteiger partial charge < -0.3 is 26.4 Å². The Labute approximate surface area is 262 Å². The van der Waals surface area contributed by atoms with E-state index in [0.29, 0.717) is 22.5 Å². The van der Waals surface area contributed by atoms with Gasteiger partial charge in [-0.05, 0) is 58.4 Å². The van der Waals surface area contributed by atoms with Crippen molar-refractivity contribution in [2.24, 2.45) is 11.7 Å². The molecule has 13 heteroatoms. The molecule has 240 valence electrons. The van der Waals surface area contributed by atoms with Crippen LogP contribution in [0.25, 0.3) is 11.3 Å². The van der Waals surface area contributed by atoms with Crippen LogP contribution in [0.5, 0.6) is 0 Å². The summed E-state index contributed by atoms with van der Waals surface area (Å²) >= 11 is 0. The molecule has 3 rings (SSSR count). The second-order valence-electron chi connectivity index (χ2n) is 12.1. The number of benzene rings is 2. The molecule has 0 fully saturated rings. The Morgan fingerprint density at radius 2 is 1.62 bits per heavy atom. The fourth-order valence-electron chi connectivity index (χ4n) is 4.08. The molecule has 0 radical (unpaired) electrons. The van der Waals surface area contributed by atoms with Gasteiger partial charge in [0.05, 0.1) is 11.9 Å². The van der Waals surface area contributed by atoms with Crippen LogP contribution in [0.15, 0.2) is 53.5 Å². The van der Waals surface area contributed by atoms with E-state index in [-0.39, 0.29) is 48.3 Å². The van der Waals surface area contributed by atoms with Crippen LogP contribution in [-0.2, 0) is 27.4 Å². The molecule has 0 aliphatic heterocycles. The second kappa shape index (κ2) is 14.5. The first-order chi connectivity index (χ1) is 21.0. The maximum atomic E-state index is 13.6. The molecule has 1 heterocycles. The van der Waals surface area contributed by atoms with Crippen LogP contribution in [0.4, 0.5) is 22.0 Å². The monoisotopic (exact) mass is 618 g/mol. The van der Waals surface area contributed by atoms with Gasteiger partial charge in [-0.1, -0.05) is 38.1 Å². The standard InChI is InChI=1S/C32H42N8O5/c1-18(2)29(42)38-23-12-22(13-24(14-23)39-31(44)45-32(5,6)7)25-16-36-28(37-19(3)4)30(43)40(25)17-26(41)35-15-20-8-10-21(11-9-20)27(33)34/h8-14,16,18-19H,15,17H2,1-7H3,(H3,33,34)(H,35,41)(H,36,37)(H,38,42)(H,39,44). The average molecular weight is 619 g/mol. The first-order valence-electron chi connectivity index (χ1n) is 14.5. The Morgan fingerprint density at radius 1 is 1.00 bits per heavy atom. The molecule has 0 saturated carbocycles. The van der Waals surface area contributed by atoms with E-state index in [1.54, 1.807) is 77.1 Å². The number of amides is 3. The van der Waals surface area contributed by atoms with E-state index in [1.807, 2.05) is 13.8 Å². The van der Waals surface area contributed by atoms with Crippen molar-refractivity contribution in [3.8, 4) is 11.3 Å². The number of hydrogen-bond acceptors (Lipinski definition) is 8. The number of amidine groups is 1. The number of nitrogens with two attached hydrogens (primary N) is 1. The van der Waals surface area contributed by atoms with E-state index < -0.39 is 23.2 Å². The zero-order valence-electron chi connectivity index (χ0n) is 26.7. The van der Waals surface area contributed by atoms with Gasteiger partial charge in [-0.25, -0.2) is 9.78 Å². The van der Waals surface area contributed by atoms with Crippen LogP contribution < -0.4 is 32.6 Å². The Morgan fingerprint density at radius 3 is 2.18 bits per heavy atom. The fourth-order valence-corrected chi connectivity index (χ4v) is 4.08. The highest BCUT2D eigenvalue weighted by atomic mass is 16.6. The van der Waals surface area contributed by atoms with Crippen LogP contribution in [0, 0.1) is 11.3 Å². The number of nitrogens with zero attached hydrogens (tertiary/aromatic N) is 2. The van der Waals surface area contributed by atoms with Gasteiger partial charge in [0.25, 0.3) is 5.56 Å². The SMILES string of the molecule is CC(C)Nc1ncc(-c2cc(NC(=O)OC(C)(C)C)cc(NC(=O)C(C)C)c2)n(CC(=O)NCc2ccc(C(=N)N)cc2)c1=O. The van der Waals surface area contributed by atoms with Gasteiger partial charge in [-0.3, -0.25) is 29.7 Å². The van der Waals surface area contributed by atoms with Crippen molar-refractivity contribution in [3.05, 3.63) is 70.1 Å². The third-order valence-electron chi connectivity index (χ3n) is 6.20. The molecule has 7 N–H and O–H groups in total. The van der Waals surface area contributed by atoms with Crippen molar-refractivity contribution in [2.75, 3.05) is 16.0 Å². The Bertz CT molecular complexity index is 1620. The Balaban J connectivity index is 2.03. The van der Waals surface area contributed by atoms with Crippen LogP contribution in [0.1, 0.15) is 59.6 Å². The second-order valence-corrected chi connectivity index (χ2v) is 12.1. The lowest BCUT2D eigenvalue weighted by molar-refractivity contribution is -0.122. The molecule has 2 aromatic carbocycles. The van der Waals surface area contributed by atoms with Crippen molar-refractivity contribution >= 4 is 40.9 Å². The zero-order chi connectivity index (χ0) is 33.5. The minimum atomic E-state index is -0.747. The van der Waals surface area contributed by atoms with Crippen molar-refractivity contribution < 1.29 is 19.1 Å². The topological polar surface area (TPSA) is 193 Å². The minimum Gasteiger partial charge on any atom is -0.444 e. The summed E-state index contributed by atoms with van der Waals surface area (Å²) in [5, 5.41) is 18.9. The maximum absolute atomic E-state index is 13.6. The molecule has 0 atom stereocenters. The van der Waals surface area contributed by atoms with E-state index in [2.05, 4.69) is 26.3 Å². The van der Waals surface area contributed by atoms with Gasteiger partial charge in [0.2, 0.25) is 11.8 Å². The van der Waals surface area contributed by atoms with Crippen LogP contribution in [0.2, 0.25) is 0 Å². The molecule has 3 amide bonds. The van der Waals surface area contributed by atoms with E-state index in [1.165, 1.54) is 10.8 Å². The number of nitrogens with one attached hydrogen (secondary N) is 5. The lowest BCUT2D eigenvalue weighted by Gasteiger charge is -2.21. The summed E-state index contributed by atoms with van der Waals surface area (Å²) in [4.78, 5) is 56.3. The predicted octanol–water partition coefficient (Wildman–Crippen LogP) is 4.27. The van der Waals surface area contributed by atoms with Gasteiger partial charge in [-0.15, -0.1) is 0 Å². The normalized spacial score (nSPS) is 11.2. The van der Waals surface area contributed by atoms with Gasteiger partial charge in [0.15, 0.2) is 5.82 Å². The zero-order valence-corrected chi connectivity index (χ0v) is 26.7. The number of anilines is 3. The van der Waals surface area contributed by atoms with Gasteiger partial charge in [-0.2, -0.15) is 0 Å². The number of aromatic nitrogens is 2. The van der Waals surface area contributed by atoms with Gasteiger partial charge >= 0.3 is 6.09 Å². The third-order valence-corrected chi connectivity index (χ3v) is 6.20. The number of carbonyl (C=O) groups excluding carboxylic acids is 3. The van der Waals surface area contributed by atoms with Crippen molar-refractivity contribution in [1.29, 1.82) is 5.41 Å². The molecule has 0 spiro atoms. The minimum absolute atomic E-state index is 0.0571. The summed E-state index contributed by atoms with van der Waals surface area (Å²) in [6.07, 6.45) is 0.754. The van der Waals surface area contributed by atoms with E-state index in [9.17, 15) is 19.2 Å². The summed E-state index contributed by atoms with van der Waals surface area (Å²) < 4.78 is 6.68. The molecule has 0 bridgehead atoms. The predicted molar refractivity (Wildman–Crippen MR) is 175 cm³/mol. The van der Waals surface area contributed by atoms with E-state index in [4.69, 9.17) is 15.9 Å². The first-order valence-corrected chi connectivity index (χ1v) is 14.5. The number of rotatable bonds is 11. The molecule has 0 aliphatic carbocycles. The smallest absolute Gasteiger partial charge is 0.412 e. The lowest BCUT2D eigenvalue weighted by Crippen LogP contribution is -2.35. The molecule has 0 aliphatic rings. The van der Waals surface area contributed by atoms with Crippen LogP contribution in [-0.4, -0.2) is 44.9 Å². The molecule has 0 unspecified atom stereocenters. The van der Waals surface area contributed by atoms with Crippen molar-refractivity contribution in [1.82, 2.24) is 14.9 Å². The van der Waals surface area contributed by atoms with Crippen molar-refractivity contribution in [2.45, 2.75) is 73.2 Å². The fraction of sp³-hybridized carbons (Fsp3) is 0.375. The average Bonchev–Trinajstić information content (AvgIpc) is 2.92. The van der Waals surface area contributed by atoms with Crippen LogP contribution >= 0.6 is 0 Å². The molecule has 1 aromatic heterocycles. The Hall–Kier alpha value is -5.20. The van der Waals surface area contributed by atoms with Crippen molar-refractivity contribution in [3.63, 3.8) is 0 Å². The number of nitrogen functional groups attached to an aromatic ring is 1. The summed E-state index contributed by atoms with van der Waals surface area (Å²) in [5.41, 5.74) is 6.94. The highest BCUT2D eigenvalue weighted by molar-refractivity contribution is 5.95. The highest BCUT2D eigenvalue weighted by Gasteiger charge is 2.20. The summed E-state index contributed by atoms with van der Waals surface area (Å²) in [6.45, 7) is 12.3. The largest absolute Gasteiger partial charge is 0.444 e. The summed E-state index contributed by atoms with van der Waals surface area (Å²) in [5.74, 6) is -0.999. The first kappa shape index (κ1) is 34.3. The molecule has 0 saturated heterocycles. The third kappa shape index (κ3) is 10.2. The molecule has 3 aromatic rings. The molecule has 13 nitrogen and oxygen atoms in total. The quantitative estimate of drug-likeness (QED) is 0.135. The number of hydrogen-bond donors (Lipinski definition) is 6. The summed E-state index contributed by atoms with van der Waals surface area (Å²) in [7, 11) is 0. The van der Waals surface area contributed by atoms with E-state index in [0.717, 1.165) is 5.56 Å². The Kier molecular flexibility index (Phi) is 11.1. The highest BCUT2D eigenvalue weighted by Crippen LogP contribution is 2.28. The van der Waals surface area contributed by atoms with Crippen LogP contribution in [0.3, 0.4) is 0 Å². The maximum Gasteiger partial charge on any atom is 0.412 e.